The summed E-state index contributed by atoms with van der Waals surface area (Å²) in [6.07, 6.45) is 7.39. The minimum absolute atomic E-state index is 0.00469. The summed E-state index contributed by atoms with van der Waals surface area (Å²) in [6.45, 7) is 5.98. The average molecular weight is 357 g/mol. The average Bonchev–Trinajstić information content (AvgIpc) is 3.09. The molecule has 0 saturated carbocycles. The predicted octanol–water partition coefficient (Wildman–Crippen LogP) is 2.48. The first-order valence-corrected chi connectivity index (χ1v) is 9.07. The third-order valence-corrected chi connectivity index (χ3v) is 4.77. The zero-order valence-corrected chi connectivity index (χ0v) is 15.7. The molecule has 0 aromatic heterocycles. The fraction of sp³-hybridized carbons (Fsp3) is 0.450. The molecule has 0 saturated heterocycles. The van der Waals surface area contributed by atoms with Crippen molar-refractivity contribution in [2.24, 2.45) is 0 Å². The van der Waals surface area contributed by atoms with Crippen LogP contribution in [-0.4, -0.2) is 48.8 Å². The van der Waals surface area contributed by atoms with Crippen LogP contribution in [0.2, 0.25) is 0 Å². The van der Waals surface area contributed by atoms with Crippen molar-refractivity contribution < 1.29 is 14.3 Å². The van der Waals surface area contributed by atoms with Crippen molar-refractivity contribution in [3.05, 3.63) is 47.8 Å². The van der Waals surface area contributed by atoms with E-state index >= 15 is 0 Å². The zero-order chi connectivity index (χ0) is 18.5. The molecule has 0 aliphatic carbocycles. The van der Waals surface area contributed by atoms with E-state index in [-0.39, 0.29) is 5.91 Å². The third kappa shape index (κ3) is 4.38. The predicted molar refractivity (Wildman–Crippen MR) is 101 cm³/mol. The Kier molecular flexibility index (Phi) is 5.83. The molecule has 0 radical (unpaired) electrons. The zero-order valence-electron chi connectivity index (χ0n) is 15.7. The normalized spacial score (nSPS) is 16.6. The summed E-state index contributed by atoms with van der Waals surface area (Å²) in [5.74, 6) is 1.61. The molecule has 2 aliphatic heterocycles. The smallest absolute Gasteiger partial charge is 0.249 e. The van der Waals surface area contributed by atoms with E-state index in [0.717, 1.165) is 30.0 Å². The Morgan fingerprint density at radius 3 is 2.92 bits per heavy atom. The molecule has 6 nitrogen and oxygen atoms in total. The summed E-state index contributed by atoms with van der Waals surface area (Å²) in [6, 6.07) is 6.37. The first kappa shape index (κ1) is 18.3. The van der Waals surface area contributed by atoms with Crippen LogP contribution in [0.25, 0.3) is 0 Å². The highest BCUT2D eigenvalue weighted by Gasteiger charge is 2.18. The lowest BCUT2D eigenvalue weighted by atomic mass is 10.1. The molecule has 1 aromatic carbocycles. The standard InChI is InChI=1S/C20H27N3O3/c1-4-23(13-21-20(24)17-6-5-9-22(3)12-17)15(2)10-16-7-8-18-19(11-16)26-14-25-18/h5,7-9,11-12,15H,4,6,10,13-14H2,1-3H3,(H,21,24). The van der Waals surface area contributed by atoms with Crippen molar-refractivity contribution in [2.45, 2.75) is 32.7 Å². The summed E-state index contributed by atoms with van der Waals surface area (Å²) in [5, 5.41) is 3.05. The van der Waals surface area contributed by atoms with E-state index in [1.165, 1.54) is 5.56 Å². The lowest BCUT2D eigenvalue weighted by molar-refractivity contribution is -0.118. The molecule has 0 bridgehead atoms. The summed E-state index contributed by atoms with van der Waals surface area (Å²) in [4.78, 5) is 16.5. The van der Waals surface area contributed by atoms with Crippen LogP contribution in [0.1, 0.15) is 25.8 Å². The topological polar surface area (TPSA) is 54.0 Å². The van der Waals surface area contributed by atoms with Gasteiger partial charge in [-0.05, 0) is 50.2 Å². The SMILES string of the molecule is CCN(CNC(=O)C1=CN(C)C=CC1)C(C)Cc1ccc2c(c1)OCO2. The van der Waals surface area contributed by atoms with Gasteiger partial charge in [-0.15, -0.1) is 0 Å². The molecule has 1 atom stereocenters. The van der Waals surface area contributed by atoms with Crippen LogP contribution in [0.4, 0.5) is 0 Å². The van der Waals surface area contributed by atoms with Gasteiger partial charge in [0.05, 0.1) is 6.67 Å². The number of nitrogens with zero attached hydrogens (tertiary/aromatic N) is 2. The number of fused-ring (bicyclic) bond motifs is 1. The number of ether oxygens (including phenoxy) is 2. The molecule has 1 amide bonds. The molecule has 2 aliphatic rings. The summed E-state index contributed by atoms with van der Waals surface area (Å²) < 4.78 is 10.8. The van der Waals surface area contributed by atoms with E-state index in [1.54, 1.807) is 0 Å². The number of benzene rings is 1. The van der Waals surface area contributed by atoms with Crippen molar-refractivity contribution in [3.8, 4) is 11.5 Å². The summed E-state index contributed by atoms with van der Waals surface area (Å²) >= 11 is 0. The second-order valence-corrected chi connectivity index (χ2v) is 6.72. The molecular formula is C20H27N3O3. The fourth-order valence-electron chi connectivity index (χ4n) is 3.24. The van der Waals surface area contributed by atoms with Gasteiger partial charge < -0.3 is 19.7 Å². The molecule has 0 fully saturated rings. The van der Waals surface area contributed by atoms with Crippen LogP contribution in [0, 0.1) is 0 Å². The van der Waals surface area contributed by atoms with Crippen molar-refractivity contribution >= 4 is 5.91 Å². The van der Waals surface area contributed by atoms with Gasteiger partial charge in [-0.25, -0.2) is 0 Å². The van der Waals surface area contributed by atoms with Gasteiger partial charge in [-0.2, -0.15) is 0 Å². The van der Waals surface area contributed by atoms with E-state index < -0.39 is 0 Å². The molecule has 3 rings (SSSR count). The molecule has 140 valence electrons. The highest BCUT2D eigenvalue weighted by molar-refractivity contribution is 5.93. The quantitative estimate of drug-likeness (QED) is 0.760. The maximum Gasteiger partial charge on any atom is 0.249 e. The van der Waals surface area contributed by atoms with Crippen LogP contribution in [0.3, 0.4) is 0 Å². The molecule has 26 heavy (non-hydrogen) atoms. The molecule has 1 unspecified atom stereocenters. The number of rotatable bonds is 7. The number of hydrogen-bond acceptors (Lipinski definition) is 5. The molecule has 1 aromatic rings. The number of hydrogen-bond donors (Lipinski definition) is 1. The minimum Gasteiger partial charge on any atom is -0.454 e. The number of likely N-dealkylation sites (N-methyl/N-ethyl adjacent to an activating group) is 1. The second kappa shape index (κ2) is 8.27. The summed E-state index contributed by atoms with van der Waals surface area (Å²) in [7, 11) is 1.93. The molecule has 1 N–H and O–H groups in total. The first-order chi connectivity index (χ1) is 12.6. The van der Waals surface area contributed by atoms with Crippen molar-refractivity contribution in [1.29, 1.82) is 0 Å². The van der Waals surface area contributed by atoms with Gasteiger partial charge in [0.15, 0.2) is 11.5 Å². The number of carbonyl (C=O) groups is 1. The van der Waals surface area contributed by atoms with Gasteiger partial charge in [0.2, 0.25) is 12.7 Å². The van der Waals surface area contributed by atoms with Crippen LogP contribution < -0.4 is 14.8 Å². The number of nitrogens with one attached hydrogen (secondary N) is 1. The van der Waals surface area contributed by atoms with Gasteiger partial charge in [-0.3, -0.25) is 9.69 Å². The largest absolute Gasteiger partial charge is 0.454 e. The molecule has 0 spiro atoms. The Morgan fingerprint density at radius 2 is 2.15 bits per heavy atom. The molecule has 6 heteroatoms. The van der Waals surface area contributed by atoms with E-state index in [0.29, 0.717) is 25.9 Å². The Balaban J connectivity index is 1.53. The van der Waals surface area contributed by atoms with E-state index in [2.05, 4.69) is 30.1 Å². The first-order valence-electron chi connectivity index (χ1n) is 9.07. The van der Waals surface area contributed by atoms with Gasteiger partial charge >= 0.3 is 0 Å². The maximum absolute atomic E-state index is 12.4. The second-order valence-electron chi connectivity index (χ2n) is 6.72. The van der Waals surface area contributed by atoms with Gasteiger partial charge in [-0.1, -0.05) is 19.1 Å². The summed E-state index contributed by atoms with van der Waals surface area (Å²) in [5.41, 5.74) is 1.99. The third-order valence-electron chi connectivity index (χ3n) is 4.77. The Hall–Kier alpha value is -2.47. The van der Waals surface area contributed by atoms with Crippen LogP contribution >= 0.6 is 0 Å². The maximum atomic E-state index is 12.4. The van der Waals surface area contributed by atoms with Gasteiger partial charge in [0.25, 0.3) is 0 Å². The minimum atomic E-state index is -0.00469. The highest BCUT2D eigenvalue weighted by Crippen LogP contribution is 2.32. The van der Waals surface area contributed by atoms with E-state index in [1.807, 2.05) is 42.6 Å². The highest BCUT2D eigenvalue weighted by atomic mass is 16.7. The lowest BCUT2D eigenvalue weighted by Gasteiger charge is -2.28. The number of amides is 1. The van der Waals surface area contributed by atoms with Crippen molar-refractivity contribution in [1.82, 2.24) is 15.1 Å². The van der Waals surface area contributed by atoms with E-state index in [9.17, 15) is 4.79 Å². The monoisotopic (exact) mass is 357 g/mol. The van der Waals surface area contributed by atoms with Crippen molar-refractivity contribution in [3.63, 3.8) is 0 Å². The van der Waals surface area contributed by atoms with Crippen LogP contribution in [0.15, 0.2) is 42.2 Å². The molecule has 2 heterocycles. The van der Waals surface area contributed by atoms with Crippen molar-refractivity contribution in [2.75, 3.05) is 27.1 Å². The van der Waals surface area contributed by atoms with Gasteiger partial charge in [0, 0.05) is 24.9 Å². The van der Waals surface area contributed by atoms with Crippen LogP contribution in [0.5, 0.6) is 11.5 Å². The van der Waals surface area contributed by atoms with Gasteiger partial charge in [0.1, 0.15) is 0 Å². The fourth-order valence-corrected chi connectivity index (χ4v) is 3.24. The number of carbonyl (C=O) groups excluding carboxylic acids is 1. The lowest BCUT2D eigenvalue weighted by Crippen LogP contribution is -2.43. The number of allylic oxidation sites excluding steroid dienone is 1. The van der Waals surface area contributed by atoms with Crippen LogP contribution in [-0.2, 0) is 11.2 Å². The Bertz CT molecular complexity index is 714. The van der Waals surface area contributed by atoms with E-state index in [4.69, 9.17) is 9.47 Å². The Labute approximate surface area is 155 Å². The Morgan fingerprint density at radius 1 is 1.35 bits per heavy atom. The molecular weight excluding hydrogens is 330 g/mol.